The van der Waals surface area contributed by atoms with E-state index in [-0.39, 0.29) is 51.8 Å². The first-order valence-electron chi connectivity index (χ1n) is 7.72. The molecule has 0 radical (unpaired) electrons. The van der Waals surface area contributed by atoms with Crippen molar-refractivity contribution in [1.82, 2.24) is 0 Å². The summed E-state index contributed by atoms with van der Waals surface area (Å²) in [6.07, 6.45) is 0. The van der Waals surface area contributed by atoms with Gasteiger partial charge < -0.3 is 19.5 Å². The molecule has 0 amide bonds. The summed E-state index contributed by atoms with van der Waals surface area (Å²) in [5.74, 6) is -0.434. The second kappa shape index (κ2) is 8.46. The molecule has 140 valence electrons. The van der Waals surface area contributed by atoms with Crippen molar-refractivity contribution in [3.05, 3.63) is 48.0 Å². The summed E-state index contributed by atoms with van der Waals surface area (Å²) in [7, 11) is -3.26. The van der Waals surface area contributed by atoms with Gasteiger partial charge in [-0.1, -0.05) is 12.1 Å². The van der Waals surface area contributed by atoms with Crippen LogP contribution >= 0.6 is 0 Å². The zero-order chi connectivity index (χ0) is 19.8. The summed E-state index contributed by atoms with van der Waals surface area (Å²) in [4.78, 5) is -0.588. The Balaban J connectivity index is 0.00000280. The average Bonchev–Trinajstić information content (AvgIpc) is 2.60. The van der Waals surface area contributed by atoms with Crippen molar-refractivity contribution in [1.29, 1.82) is 0 Å². The predicted octanol–water partition coefficient (Wildman–Crippen LogP) is 0.892. The minimum absolute atomic E-state index is 0. The third-order valence-corrected chi connectivity index (χ3v) is 4.77. The fourth-order valence-corrected chi connectivity index (χ4v) is 3.21. The predicted molar refractivity (Wildman–Crippen MR) is 97.1 cm³/mol. The Bertz CT molecular complexity index is 1180. The van der Waals surface area contributed by atoms with Gasteiger partial charge in [0.1, 0.15) is 33.0 Å². The van der Waals surface area contributed by atoms with Gasteiger partial charge in [0.15, 0.2) is 5.75 Å². The summed E-state index contributed by atoms with van der Waals surface area (Å²) in [6.45, 7) is 1.63. The summed E-state index contributed by atoms with van der Waals surface area (Å²) in [6, 6.07) is 10.3. The molecule has 0 atom stereocenters. The van der Waals surface area contributed by atoms with Crippen LogP contribution < -0.4 is 34.3 Å². The van der Waals surface area contributed by atoms with Gasteiger partial charge in [0.05, 0.1) is 17.4 Å². The van der Waals surface area contributed by atoms with Crippen LogP contribution in [0.1, 0.15) is 5.56 Å². The molecule has 0 saturated carbocycles. The topological polar surface area (TPSA) is 132 Å². The summed E-state index contributed by atoms with van der Waals surface area (Å²) < 4.78 is 38.8. The zero-order valence-electron chi connectivity index (χ0n) is 15.4. The number of nitrogens with zero attached hydrogens (tertiary/aromatic N) is 2. The molecule has 3 aromatic carbocycles. The van der Waals surface area contributed by atoms with Gasteiger partial charge in [0.2, 0.25) is 0 Å². The number of aromatic hydroxyl groups is 2. The van der Waals surface area contributed by atoms with E-state index in [1.54, 1.807) is 31.2 Å². The molecule has 0 heterocycles. The number of benzene rings is 3. The molecule has 0 unspecified atom stereocenters. The van der Waals surface area contributed by atoms with Crippen molar-refractivity contribution in [3.63, 3.8) is 0 Å². The van der Waals surface area contributed by atoms with E-state index >= 15 is 0 Å². The van der Waals surface area contributed by atoms with Crippen molar-refractivity contribution in [3.8, 4) is 17.2 Å². The molecule has 0 saturated heterocycles. The molecule has 0 aliphatic carbocycles. The van der Waals surface area contributed by atoms with Crippen molar-refractivity contribution in [2.75, 3.05) is 7.11 Å². The quantitative estimate of drug-likeness (QED) is 0.373. The largest absolute Gasteiger partial charge is 1.00 e. The normalized spacial score (nSPS) is 11.5. The van der Waals surface area contributed by atoms with E-state index in [1.165, 1.54) is 13.2 Å². The van der Waals surface area contributed by atoms with Crippen LogP contribution in [0.25, 0.3) is 10.8 Å². The number of para-hydroxylation sites is 1. The Morgan fingerprint density at radius 1 is 1.07 bits per heavy atom. The SMILES string of the molecule is COc1ccccc1N=Nc1c(C)cc2cc(S(=O)(=O)[O-])cc(O)c2c1O.[Na+]. The first kappa shape index (κ1) is 22.1. The number of phenolic OH excluding ortho intramolecular Hbond substituents is 2. The van der Waals surface area contributed by atoms with E-state index in [0.717, 1.165) is 12.1 Å². The number of rotatable bonds is 4. The minimum atomic E-state index is -4.75. The molecule has 3 rings (SSSR count). The number of fused-ring (bicyclic) bond motifs is 1. The van der Waals surface area contributed by atoms with Gasteiger partial charge in [-0.15, -0.1) is 10.2 Å². The molecule has 0 bridgehead atoms. The molecular formula is C18H15N2NaO6S. The van der Waals surface area contributed by atoms with Crippen molar-refractivity contribution < 1.29 is 57.5 Å². The van der Waals surface area contributed by atoms with E-state index in [9.17, 15) is 23.2 Å². The third kappa shape index (κ3) is 4.29. The Morgan fingerprint density at radius 3 is 2.39 bits per heavy atom. The van der Waals surface area contributed by atoms with Gasteiger partial charge in [-0.3, -0.25) is 0 Å². The second-order valence-corrected chi connectivity index (χ2v) is 7.14. The van der Waals surface area contributed by atoms with Crippen LogP contribution in [0.2, 0.25) is 0 Å². The summed E-state index contributed by atoms with van der Waals surface area (Å²) in [5, 5.41) is 28.9. The first-order chi connectivity index (χ1) is 12.7. The number of phenols is 2. The van der Waals surface area contributed by atoms with Gasteiger partial charge >= 0.3 is 29.6 Å². The van der Waals surface area contributed by atoms with Crippen LogP contribution in [-0.4, -0.2) is 30.3 Å². The second-order valence-electron chi connectivity index (χ2n) is 5.76. The summed E-state index contributed by atoms with van der Waals surface area (Å²) in [5.41, 5.74) is 1.01. The summed E-state index contributed by atoms with van der Waals surface area (Å²) >= 11 is 0. The smallest absolute Gasteiger partial charge is 0.744 e. The Labute approximate surface area is 183 Å². The zero-order valence-corrected chi connectivity index (χ0v) is 18.2. The Morgan fingerprint density at radius 2 is 1.75 bits per heavy atom. The van der Waals surface area contributed by atoms with Crippen molar-refractivity contribution in [2.24, 2.45) is 10.2 Å². The molecule has 2 N–H and O–H groups in total. The maximum atomic E-state index is 11.2. The van der Waals surface area contributed by atoms with Crippen molar-refractivity contribution >= 4 is 32.3 Å². The molecule has 0 spiro atoms. The van der Waals surface area contributed by atoms with Crippen LogP contribution in [0, 0.1) is 6.92 Å². The molecule has 0 aromatic heterocycles. The van der Waals surface area contributed by atoms with Crippen LogP contribution in [-0.2, 0) is 10.1 Å². The monoisotopic (exact) mass is 410 g/mol. The maximum Gasteiger partial charge on any atom is 1.00 e. The number of azo groups is 1. The molecule has 28 heavy (non-hydrogen) atoms. The van der Waals surface area contributed by atoms with E-state index in [2.05, 4.69) is 10.2 Å². The number of hydrogen-bond donors (Lipinski definition) is 2. The van der Waals surface area contributed by atoms with E-state index in [1.807, 2.05) is 0 Å². The van der Waals surface area contributed by atoms with Gasteiger partial charge in [-0.2, -0.15) is 0 Å². The van der Waals surface area contributed by atoms with Gasteiger partial charge in [0, 0.05) is 0 Å². The van der Waals surface area contributed by atoms with Crippen LogP contribution in [0.5, 0.6) is 17.2 Å². The fraction of sp³-hybridized carbons (Fsp3) is 0.111. The molecule has 0 fully saturated rings. The molecule has 8 nitrogen and oxygen atoms in total. The number of aryl methyl sites for hydroxylation is 1. The van der Waals surface area contributed by atoms with E-state index in [4.69, 9.17) is 4.74 Å². The first-order valence-corrected chi connectivity index (χ1v) is 9.13. The molecule has 3 aromatic rings. The van der Waals surface area contributed by atoms with E-state index < -0.39 is 20.8 Å². The number of methoxy groups -OCH3 is 1. The van der Waals surface area contributed by atoms with Gasteiger partial charge in [-0.25, -0.2) is 8.42 Å². The standard InChI is InChI=1S/C18H16N2O6S.Na/c1-10-7-11-8-12(27(23,24)25)9-14(21)16(11)18(22)17(10)20-19-13-5-3-4-6-15(13)26-2;/h3-9,21-22H,1-2H3,(H,23,24,25);/q;+1/p-1. The Kier molecular flexibility index (Phi) is 6.68. The third-order valence-electron chi connectivity index (χ3n) is 3.96. The molecule has 0 aliphatic rings. The number of ether oxygens (including phenoxy) is 1. The van der Waals surface area contributed by atoms with Crippen LogP contribution in [0.4, 0.5) is 11.4 Å². The maximum absolute atomic E-state index is 11.2. The minimum Gasteiger partial charge on any atom is -0.744 e. The van der Waals surface area contributed by atoms with Crippen LogP contribution in [0.3, 0.4) is 0 Å². The van der Waals surface area contributed by atoms with Crippen molar-refractivity contribution in [2.45, 2.75) is 11.8 Å². The molecule has 0 aliphatic heterocycles. The van der Waals surface area contributed by atoms with Crippen LogP contribution in [0.15, 0.2) is 57.6 Å². The van der Waals surface area contributed by atoms with E-state index in [0.29, 0.717) is 17.0 Å². The number of hydrogen-bond acceptors (Lipinski definition) is 8. The Hall–Kier alpha value is -2.17. The van der Waals surface area contributed by atoms with Gasteiger partial charge in [0.25, 0.3) is 0 Å². The molecular weight excluding hydrogens is 395 g/mol. The van der Waals surface area contributed by atoms with Gasteiger partial charge in [-0.05, 0) is 48.2 Å². The average molecular weight is 410 g/mol. The molecule has 10 heteroatoms. The fourth-order valence-electron chi connectivity index (χ4n) is 2.69.